The van der Waals surface area contributed by atoms with E-state index in [1.54, 1.807) is 6.07 Å². The summed E-state index contributed by atoms with van der Waals surface area (Å²) in [6, 6.07) is 4.39. The Hall–Kier alpha value is -1.58. The molecule has 0 aromatic heterocycles. The molecule has 1 rings (SSSR count). The van der Waals surface area contributed by atoms with Crippen LogP contribution >= 0.6 is 0 Å². The lowest BCUT2D eigenvalue weighted by atomic mass is 10.2. The van der Waals surface area contributed by atoms with Crippen LogP contribution in [0.3, 0.4) is 0 Å². The van der Waals surface area contributed by atoms with Crippen molar-refractivity contribution >= 4 is 11.4 Å². The lowest BCUT2D eigenvalue weighted by molar-refractivity contribution is 0.477. The van der Waals surface area contributed by atoms with Crippen LogP contribution in [0.1, 0.15) is 0 Å². The van der Waals surface area contributed by atoms with E-state index in [9.17, 15) is 4.91 Å². The van der Waals surface area contributed by atoms with Gasteiger partial charge in [0.25, 0.3) is 0 Å². The summed E-state index contributed by atoms with van der Waals surface area (Å²) in [6.07, 6.45) is 0. The molecular formula is C6H6N2O2. The molecule has 4 nitrogen and oxygen atoms in total. The van der Waals surface area contributed by atoms with Crippen LogP contribution in [0.4, 0.5) is 11.4 Å². The van der Waals surface area contributed by atoms with Gasteiger partial charge < -0.3 is 10.8 Å². The fourth-order valence-electron chi connectivity index (χ4n) is 0.648. The summed E-state index contributed by atoms with van der Waals surface area (Å²) < 4.78 is 0. The molecule has 52 valence electrons. The Morgan fingerprint density at radius 3 is 2.60 bits per heavy atom. The van der Waals surface area contributed by atoms with Crippen molar-refractivity contribution in [3.05, 3.63) is 23.1 Å². The summed E-state index contributed by atoms with van der Waals surface area (Å²) in [6.45, 7) is 0. The maximum Gasteiger partial charge on any atom is 0.172 e. The Kier molecular flexibility index (Phi) is 1.53. The molecule has 0 atom stereocenters. The van der Waals surface area contributed by atoms with E-state index in [1.165, 1.54) is 12.1 Å². The molecule has 0 bridgehead atoms. The number of rotatable bonds is 1. The van der Waals surface area contributed by atoms with Crippen molar-refractivity contribution in [2.24, 2.45) is 5.18 Å². The number of nitroso groups, excluding NO2 is 1. The smallest absolute Gasteiger partial charge is 0.172 e. The van der Waals surface area contributed by atoms with E-state index in [0.29, 0.717) is 0 Å². The van der Waals surface area contributed by atoms with E-state index in [2.05, 4.69) is 5.18 Å². The zero-order valence-electron chi connectivity index (χ0n) is 5.11. The molecule has 0 aliphatic carbocycles. The van der Waals surface area contributed by atoms with Crippen LogP contribution in [-0.2, 0) is 0 Å². The second kappa shape index (κ2) is 2.34. The third kappa shape index (κ3) is 0.907. The maximum absolute atomic E-state index is 9.96. The van der Waals surface area contributed by atoms with Crippen molar-refractivity contribution in [1.82, 2.24) is 0 Å². The lowest BCUT2D eigenvalue weighted by Gasteiger charge is -1.96. The third-order valence-corrected chi connectivity index (χ3v) is 1.14. The number of nitrogens with zero attached hydrogens (tertiary/aromatic N) is 1. The summed E-state index contributed by atoms with van der Waals surface area (Å²) in [5.74, 6) is -0.185. The van der Waals surface area contributed by atoms with Crippen LogP contribution < -0.4 is 5.73 Å². The van der Waals surface area contributed by atoms with Gasteiger partial charge in [-0.2, -0.15) is 0 Å². The van der Waals surface area contributed by atoms with Gasteiger partial charge in [-0.3, -0.25) is 0 Å². The number of phenols is 1. The first-order chi connectivity index (χ1) is 4.75. The number of hydrogen-bond donors (Lipinski definition) is 2. The minimum atomic E-state index is -0.185. The Morgan fingerprint density at radius 1 is 1.50 bits per heavy atom. The summed E-state index contributed by atoms with van der Waals surface area (Å²) in [5, 5.41) is 11.5. The molecule has 10 heavy (non-hydrogen) atoms. The molecule has 0 saturated heterocycles. The second-order valence-corrected chi connectivity index (χ2v) is 1.81. The van der Waals surface area contributed by atoms with Gasteiger partial charge in [0.05, 0.1) is 5.69 Å². The van der Waals surface area contributed by atoms with Crippen molar-refractivity contribution < 1.29 is 5.11 Å². The van der Waals surface area contributed by atoms with Crippen LogP contribution in [0.25, 0.3) is 0 Å². The average molecular weight is 138 g/mol. The zero-order valence-corrected chi connectivity index (χ0v) is 5.11. The topological polar surface area (TPSA) is 75.7 Å². The number of anilines is 1. The predicted molar refractivity (Wildman–Crippen MR) is 38.0 cm³/mol. The standard InChI is InChI=1S/C6H6N2O2/c7-4-2-1-3-5(9)6(4)8-10/h1-3,9H,7H2. The highest BCUT2D eigenvalue weighted by Crippen LogP contribution is 2.31. The fourth-order valence-corrected chi connectivity index (χ4v) is 0.648. The van der Waals surface area contributed by atoms with E-state index in [0.717, 1.165) is 0 Å². The zero-order chi connectivity index (χ0) is 7.56. The van der Waals surface area contributed by atoms with Crippen LogP contribution in [0.5, 0.6) is 5.75 Å². The number of benzene rings is 1. The summed E-state index contributed by atoms with van der Waals surface area (Å²) >= 11 is 0. The monoisotopic (exact) mass is 138 g/mol. The SMILES string of the molecule is Nc1cccc(O)c1N=O. The Balaban J connectivity index is 3.30. The van der Waals surface area contributed by atoms with Crippen LogP contribution in [0.15, 0.2) is 23.4 Å². The molecule has 0 spiro atoms. The Labute approximate surface area is 57.3 Å². The number of aromatic hydroxyl groups is 1. The average Bonchev–Trinajstić information content (AvgIpc) is 1.88. The highest BCUT2D eigenvalue weighted by molar-refractivity contribution is 5.69. The van der Waals surface area contributed by atoms with Crippen LogP contribution in [0.2, 0.25) is 0 Å². The number of nitrogens with two attached hydrogens (primary N) is 1. The first-order valence-electron chi connectivity index (χ1n) is 2.66. The molecule has 1 aromatic carbocycles. The quantitative estimate of drug-likeness (QED) is 0.454. The van der Waals surface area contributed by atoms with Gasteiger partial charge in [-0.05, 0) is 17.3 Å². The molecule has 0 fully saturated rings. The highest BCUT2D eigenvalue weighted by Gasteiger charge is 2.02. The number of phenolic OH excluding ortho intramolecular Hbond substituents is 1. The molecule has 4 heteroatoms. The van der Waals surface area contributed by atoms with Gasteiger partial charge in [-0.1, -0.05) is 6.07 Å². The first kappa shape index (κ1) is 6.54. The molecule has 0 unspecified atom stereocenters. The molecule has 1 aromatic rings. The van der Waals surface area contributed by atoms with Gasteiger partial charge >= 0.3 is 0 Å². The Morgan fingerprint density at radius 2 is 2.20 bits per heavy atom. The molecule has 3 N–H and O–H groups in total. The number of nitrogen functional groups attached to an aromatic ring is 1. The van der Waals surface area contributed by atoms with Gasteiger partial charge in [0.1, 0.15) is 5.75 Å². The van der Waals surface area contributed by atoms with E-state index in [-0.39, 0.29) is 17.1 Å². The van der Waals surface area contributed by atoms with E-state index in [1.807, 2.05) is 0 Å². The predicted octanol–water partition coefficient (Wildman–Crippen LogP) is 1.37. The van der Waals surface area contributed by atoms with E-state index < -0.39 is 0 Å². The van der Waals surface area contributed by atoms with Gasteiger partial charge in [0, 0.05) is 0 Å². The van der Waals surface area contributed by atoms with Crippen LogP contribution in [-0.4, -0.2) is 5.11 Å². The molecular weight excluding hydrogens is 132 g/mol. The van der Waals surface area contributed by atoms with Gasteiger partial charge in [-0.15, -0.1) is 4.91 Å². The first-order valence-corrected chi connectivity index (χ1v) is 2.66. The van der Waals surface area contributed by atoms with Gasteiger partial charge in [-0.25, -0.2) is 0 Å². The van der Waals surface area contributed by atoms with Gasteiger partial charge in [0.2, 0.25) is 0 Å². The van der Waals surface area contributed by atoms with E-state index >= 15 is 0 Å². The molecule has 0 heterocycles. The van der Waals surface area contributed by atoms with Crippen molar-refractivity contribution in [3.8, 4) is 5.75 Å². The van der Waals surface area contributed by atoms with E-state index in [4.69, 9.17) is 10.8 Å². The molecule has 0 aliphatic rings. The number of hydrogen-bond acceptors (Lipinski definition) is 4. The van der Waals surface area contributed by atoms with Crippen molar-refractivity contribution in [2.45, 2.75) is 0 Å². The van der Waals surface area contributed by atoms with Crippen LogP contribution in [0, 0.1) is 4.91 Å². The largest absolute Gasteiger partial charge is 0.505 e. The summed E-state index contributed by atoms with van der Waals surface area (Å²) in [5.41, 5.74) is 5.37. The normalized spacial score (nSPS) is 9.20. The van der Waals surface area contributed by atoms with Crippen molar-refractivity contribution in [2.75, 3.05) is 5.73 Å². The third-order valence-electron chi connectivity index (χ3n) is 1.14. The Bertz CT molecular complexity index is 240. The summed E-state index contributed by atoms with van der Waals surface area (Å²) in [7, 11) is 0. The maximum atomic E-state index is 9.96. The van der Waals surface area contributed by atoms with Crippen molar-refractivity contribution in [3.63, 3.8) is 0 Å². The molecule has 0 amide bonds. The fraction of sp³-hybridized carbons (Fsp3) is 0. The highest BCUT2D eigenvalue weighted by atomic mass is 16.3. The van der Waals surface area contributed by atoms with Gasteiger partial charge in [0.15, 0.2) is 5.69 Å². The lowest BCUT2D eigenvalue weighted by Crippen LogP contribution is -1.83. The molecule has 0 saturated carbocycles. The van der Waals surface area contributed by atoms with Crippen molar-refractivity contribution in [1.29, 1.82) is 0 Å². The second-order valence-electron chi connectivity index (χ2n) is 1.81. The molecule has 0 radical (unpaired) electrons. The minimum absolute atomic E-state index is 0.0949. The molecule has 0 aliphatic heterocycles. The summed E-state index contributed by atoms with van der Waals surface area (Å²) in [4.78, 5) is 9.96. The minimum Gasteiger partial charge on any atom is -0.505 e.